The van der Waals surface area contributed by atoms with Crippen LogP contribution in [0, 0.1) is 0 Å². The first-order valence-electron chi connectivity index (χ1n) is 6.33. The molecule has 1 aromatic carbocycles. The maximum Gasteiger partial charge on any atom is 0.416 e. The number of hydrogen-bond donors (Lipinski definition) is 1. The zero-order chi connectivity index (χ0) is 15.5. The van der Waals surface area contributed by atoms with Crippen molar-refractivity contribution in [1.29, 1.82) is 0 Å². The molecular weight excluding hydrogens is 283 g/mol. The lowest BCUT2D eigenvalue weighted by Gasteiger charge is -2.17. The molecule has 0 saturated heterocycles. The molecule has 1 aromatic heterocycles. The Morgan fingerprint density at radius 1 is 1.29 bits per heavy atom. The predicted octanol–water partition coefficient (Wildman–Crippen LogP) is 4.43. The average Bonchev–Trinajstić information content (AvgIpc) is 2.90. The minimum absolute atomic E-state index is 0.0872. The van der Waals surface area contributed by atoms with E-state index >= 15 is 0 Å². The van der Waals surface area contributed by atoms with Gasteiger partial charge in [0.15, 0.2) is 0 Å². The lowest BCUT2D eigenvalue weighted by atomic mass is 10.1. The van der Waals surface area contributed by atoms with Crippen molar-refractivity contribution in [2.24, 2.45) is 0 Å². The van der Waals surface area contributed by atoms with Crippen LogP contribution < -0.4 is 5.32 Å². The zero-order valence-electron chi connectivity index (χ0n) is 11.3. The number of anilines is 1. The molecule has 0 fully saturated rings. The number of carbonyl (C=O) groups is 1. The second-order valence-corrected chi connectivity index (χ2v) is 4.70. The quantitative estimate of drug-likeness (QED) is 0.887. The molecule has 1 N–H and O–H groups in total. The molecule has 0 radical (unpaired) electrons. The van der Waals surface area contributed by atoms with Crippen LogP contribution in [0.25, 0.3) is 0 Å². The Morgan fingerprint density at radius 3 is 2.62 bits per heavy atom. The van der Waals surface area contributed by atoms with Crippen molar-refractivity contribution in [3.8, 4) is 0 Å². The van der Waals surface area contributed by atoms with E-state index in [0.717, 1.165) is 12.1 Å². The van der Waals surface area contributed by atoms with Gasteiger partial charge in [0.1, 0.15) is 11.5 Å². The van der Waals surface area contributed by atoms with Crippen molar-refractivity contribution in [2.45, 2.75) is 25.6 Å². The van der Waals surface area contributed by atoms with Crippen molar-refractivity contribution in [1.82, 2.24) is 0 Å². The third kappa shape index (κ3) is 4.11. The number of furan rings is 1. The molecular formula is C15H14F3NO2. The van der Waals surface area contributed by atoms with Gasteiger partial charge >= 0.3 is 6.18 Å². The zero-order valence-corrected chi connectivity index (χ0v) is 11.3. The van der Waals surface area contributed by atoms with Crippen molar-refractivity contribution in [3.05, 3.63) is 54.0 Å². The molecule has 0 saturated carbocycles. The van der Waals surface area contributed by atoms with Gasteiger partial charge < -0.3 is 9.73 Å². The van der Waals surface area contributed by atoms with E-state index in [0.29, 0.717) is 5.76 Å². The molecule has 0 amide bonds. The molecule has 2 rings (SSSR count). The average molecular weight is 297 g/mol. The number of benzene rings is 1. The van der Waals surface area contributed by atoms with Gasteiger partial charge in [-0.15, -0.1) is 0 Å². The van der Waals surface area contributed by atoms with Crippen LogP contribution in [0.4, 0.5) is 18.9 Å². The smallest absolute Gasteiger partial charge is 0.416 e. The number of hydrogen-bond acceptors (Lipinski definition) is 3. The first-order chi connectivity index (χ1) is 9.86. The molecule has 0 aliphatic heterocycles. The molecule has 2 aromatic rings. The third-order valence-corrected chi connectivity index (χ3v) is 2.91. The molecule has 0 aliphatic rings. The van der Waals surface area contributed by atoms with E-state index < -0.39 is 17.8 Å². The minimum atomic E-state index is -4.40. The SMILES string of the molecule is CC(=O)CC(Nc1cccc(C(F)(F)F)c1)c1ccco1. The van der Waals surface area contributed by atoms with Gasteiger partial charge in [-0.25, -0.2) is 0 Å². The van der Waals surface area contributed by atoms with E-state index in [-0.39, 0.29) is 17.9 Å². The molecule has 1 heterocycles. The molecule has 0 bridgehead atoms. The summed E-state index contributed by atoms with van der Waals surface area (Å²) in [7, 11) is 0. The fourth-order valence-corrected chi connectivity index (χ4v) is 1.99. The molecule has 0 aliphatic carbocycles. The van der Waals surface area contributed by atoms with Gasteiger partial charge in [0.25, 0.3) is 0 Å². The monoisotopic (exact) mass is 297 g/mol. The Balaban J connectivity index is 2.23. The van der Waals surface area contributed by atoms with E-state index in [1.165, 1.54) is 25.3 Å². The lowest BCUT2D eigenvalue weighted by molar-refractivity contribution is -0.137. The van der Waals surface area contributed by atoms with Crippen LogP contribution in [0.1, 0.15) is 30.7 Å². The van der Waals surface area contributed by atoms with Gasteiger partial charge in [-0.3, -0.25) is 4.79 Å². The van der Waals surface area contributed by atoms with Gasteiger partial charge in [0, 0.05) is 12.1 Å². The highest BCUT2D eigenvalue weighted by Gasteiger charge is 2.30. The third-order valence-electron chi connectivity index (χ3n) is 2.91. The standard InChI is InChI=1S/C15H14F3NO2/c1-10(20)8-13(14-6-3-7-21-14)19-12-5-2-4-11(9-12)15(16,17)18/h2-7,9,13,19H,8H2,1H3. The Morgan fingerprint density at radius 2 is 2.05 bits per heavy atom. The molecule has 6 heteroatoms. The number of halogens is 3. The summed E-state index contributed by atoms with van der Waals surface area (Å²) in [6.07, 6.45) is -2.82. The molecule has 1 atom stereocenters. The van der Waals surface area contributed by atoms with Crippen molar-refractivity contribution in [3.63, 3.8) is 0 Å². The summed E-state index contributed by atoms with van der Waals surface area (Å²) in [4.78, 5) is 11.3. The summed E-state index contributed by atoms with van der Waals surface area (Å²) in [5.74, 6) is 0.415. The Hall–Kier alpha value is -2.24. The van der Waals surface area contributed by atoms with Crippen molar-refractivity contribution < 1.29 is 22.4 Å². The van der Waals surface area contributed by atoms with E-state index in [4.69, 9.17) is 4.42 Å². The largest absolute Gasteiger partial charge is 0.467 e. The van der Waals surface area contributed by atoms with Crippen molar-refractivity contribution >= 4 is 11.5 Å². The minimum Gasteiger partial charge on any atom is -0.467 e. The summed E-state index contributed by atoms with van der Waals surface area (Å²) < 4.78 is 43.3. The van der Waals surface area contributed by atoms with Gasteiger partial charge in [0.2, 0.25) is 0 Å². The number of ketones is 1. The maximum atomic E-state index is 12.7. The second kappa shape index (κ2) is 6.03. The molecule has 3 nitrogen and oxygen atoms in total. The number of rotatable bonds is 5. The van der Waals surface area contributed by atoms with Gasteiger partial charge in [0.05, 0.1) is 17.9 Å². The van der Waals surface area contributed by atoms with Crippen LogP contribution in [-0.2, 0) is 11.0 Å². The first kappa shape index (κ1) is 15.2. The first-order valence-corrected chi connectivity index (χ1v) is 6.33. The fraction of sp³-hybridized carbons (Fsp3) is 0.267. The summed E-state index contributed by atoms with van der Waals surface area (Å²) in [5.41, 5.74) is -0.457. The predicted molar refractivity (Wildman–Crippen MR) is 71.8 cm³/mol. The van der Waals surface area contributed by atoms with Gasteiger partial charge in [-0.05, 0) is 37.3 Å². The molecule has 0 spiro atoms. The van der Waals surface area contributed by atoms with Crippen LogP contribution >= 0.6 is 0 Å². The highest BCUT2D eigenvalue weighted by atomic mass is 19.4. The normalized spacial score (nSPS) is 13.0. The summed E-state index contributed by atoms with van der Waals surface area (Å²) in [5, 5.41) is 2.91. The number of alkyl halides is 3. The fourth-order valence-electron chi connectivity index (χ4n) is 1.99. The Labute approximate surface area is 119 Å². The van der Waals surface area contributed by atoms with Crippen LogP contribution in [0.5, 0.6) is 0 Å². The molecule has 1 unspecified atom stereocenters. The Bertz CT molecular complexity index is 606. The van der Waals surface area contributed by atoms with Crippen LogP contribution in [0.15, 0.2) is 47.1 Å². The highest BCUT2D eigenvalue weighted by Crippen LogP contribution is 2.32. The van der Waals surface area contributed by atoms with Gasteiger partial charge in [-0.2, -0.15) is 13.2 Å². The number of carbonyl (C=O) groups excluding carboxylic acids is 1. The highest BCUT2D eigenvalue weighted by molar-refractivity contribution is 5.76. The number of Topliss-reactive ketones (excluding diaryl/α,β-unsaturated/α-hetero) is 1. The van der Waals surface area contributed by atoms with E-state index in [1.54, 1.807) is 12.1 Å². The summed E-state index contributed by atoms with van der Waals surface area (Å²) in [6, 6.07) is 7.68. The van der Waals surface area contributed by atoms with Gasteiger partial charge in [-0.1, -0.05) is 6.07 Å². The maximum absolute atomic E-state index is 12.7. The summed E-state index contributed by atoms with van der Waals surface area (Å²) in [6.45, 7) is 1.42. The molecule has 112 valence electrons. The van der Waals surface area contributed by atoms with E-state index in [9.17, 15) is 18.0 Å². The number of nitrogens with one attached hydrogen (secondary N) is 1. The molecule has 21 heavy (non-hydrogen) atoms. The summed E-state index contributed by atoms with van der Waals surface area (Å²) >= 11 is 0. The van der Waals surface area contributed by atoms with Crippen LogP contribution in [0.3, 0.4) is 0 Å². The second-order valence-electron chi connectivity index (χ2n) is 4.70. The topological polar surface area (TPSA) is 42.2 Å². The van der Waals surface area contributed by atoms with Crippen molar-refractivity contribution in [2.75, 3.05) is 5.32 Å². The Kier molecular flexibility index (Phi) is 4.35. The lowest BCUT2D eigenvalue weighted by Crippen LogP contribution is -2.14. The van der Waals surface area contributed by atoms with E-state index in [2.05, 4.69) is 5.32 Å². The van der Waals surface area contributed by atoms with E-state index in [1.807, 2.05) is 0 Å². The van der Waals surface area contributed by atoms with Crippen LogP contribution in [0.2, 0.25) is 0 Å². The van der Waals surface area contributed by atoms with Crippen LogP contribution in [-0.4, -0.2) is 5.78 Å².